The summed E-state index contributed by atoms with van der Waals surface area (Å²) >= 11 is 1.29. The highest BCUT2D eigenvalue weighted by molar-refractivity contribution is 7.15. The molecule has 0 radical (unpaired) electrons. The van der Waals surface area contributed by atoms with Gasteiger partial charge in [-0.15, -0.1) is 10.2 Å². The Kier molecular flexibility index (Phi) is 6.26. The topological polar surface area (TPSA) is 102 Å². The minimum Gasteiger partial charge on any atom is -0.371 e. The quantitative estimate of drug-likeness (QED) is 0.769. The maximum atomic E-state index is 11.9. The van der Waals surface area contributed by atoms with Crippen molar-refractivity contribution in [3.8, 4) is 0 Å². The number of rotatable bonds is 7. The summed E-state index contributed by atoms with van der Waals surface area (Å²) in [4.78, 5) is 23.7. The van der Waals surface area contributed by atoms with Crippen LogP contribution in [0.4, 0.5) is 10.8 Å². The summed E-state index contributed by atoms with van der Waals surface area (Å²) in [5, 5.41) is 14.4. The Morgan fingerprint density at radius 1 is 1.27 bits per heavy atom. The zero-order chi connectivity index (χ0) is 18.4. The number of benzene rings is 1. The zero-order valence-corrected chi connectivity index (χ0v) is 15.2. The van der Waals surface area contributed by atoms with E-state index in [0.717, 1.165) is 30.0 Å². The maximum absolute atomic E-state index is 11.9. The smallest absolute Gasteiger partial charge is 0.252 e. The Labute approximate surface area is 154 Å². The van der Waals surface area contributed by atoms with E-state index >= 15 is 0 Å². The molecule has 9 heteroatoms. The number of carbonyl (C=O) groups excluding carboxylic acids is 2. The molecule has 0 aliphatic carbocycles. The molecular weight excluding hydrogens is 356 g/mol. The first-order chi connectivity index (χ1) is 12.6. The summed E-state index contributed by atoms with van der Waals surface area (Å²) in [6, 6.07) is 7.44. The van der Waals surface area contributed by atoms with Crippen molar-refractivity contribution in [1.29, 1.82) is 0 Å². The molecule has 26 heavy (non-hydrogen) atoms. The first-order valence-corrected chi connectivity index (χ1v) is 9.11. The average Bonchev–Trinajstić information content (AvgIpc) is 3.26. The van der Waals surface area contributed by atoms with E-state index in [1.165, 1.54) is 11.3 Å². The molecule has 8 nitrogen and oxygen atoms in total. The van der Waals surface area contributed by atoms with Gasteiger partial charge in [-0.3, -0.25) is 14.9 Å². The Bertz CT molecular complexity index is 774. The van der Waals surface area contributed by atoms with Gasteiger partial charge in [-0.25, -0.2) is 0 Å². The molecule has 1 saturated heterocycles. The van der Waals surface area contributed by atoms with Crippen molar-refractivity contribution >= 4 is 34.0 Å². The fourth-order valence-corrected chi connectivity index (χ4v) is 3.34. The second-order valence-electron chi connectivity index (χ2n) is 5.91. The lowest BCUT2D eigenvalue weighted by Crippen LogP contribution is -2.23. The molecule has 1 unspecified atom stereocenters. The normalized spacial score (nSPS) is 16.4. The minimum absolute atomic E-state index is 0.0280. The van der Waals surface area contributed by atoms with Gasteiger partial charge in [0.1, 0.15) is 24.3 Å². The number of anilines is 2. The lowest BCUT2D eigenvalue weighted by molar-refractivity contribution is -0.125. The van der Waals surface area contributed by atoms with Crippen LogP contribution in [0.3, 0.4) is 0 Å². The molecule has 0 bridgehead atoms. The monoisotopic (exact) mass is 376 g/mol. The van der Waals surface area contributed by atoms with Crippen LogP contribution in [0.5, 0.6) is 0 Å². The van der Waals surface area contributed by atoms with Gasteiger partial charge in [0.05, 0.1) is 0 Å². The first kappa shape index (κ1) is 18.4. The van der Waals surface area contributed by atoms with E-state index < -0.39 is 0 Å². The number of aromatic nitrogens is 2. The van der Waals surface area contributed by atoms with Crippen LogP contribution in [0.1, 0.15) is 29.5 Å². The van der Waals surface area contributed by atoms with Crippen LogP contribution >= 0.6 is 11.3 Å². The molecule has 138 valence electrons. The van der Waals surface area contributed by atoms with Crippen molar-refractivity contribution in [2.24, 2.45) is 0 Å². The van der Waals surface area contributed by atoms with Crippen LogP contribution in [0.25, 0.3) is 0 Å². The molecule has 2 aromatic rings. The molecule has 1 atom stereocenters. The highest BCUT2D eigenvalue weighted by atomic mass is 32.1. The highest BCUT2D eigenvalue weighted by Crippen LogP contribution is 2.31. The van der Waals surface area contributed by atoms with E-state index in [0.29, 0.717) is 10.8 Å². The number of ether oxygens (including phenoxy) is 2. The molecule has 3 rings (SSSR count). The Morgan fingerprint density at radius 2 is 2.08 bits per heavy atom. The SMILES string of the molecule is Cc1cccc(NC(=O)COCC(=O)Nc2nnc(C3CCCO3)s2)c1. The number of carbonyl (C=O) groups is 2. The standard InChI is InChI=1S/C17H20N4O4S/c1-11-4-2-5-12(8-11)18-14(22)9-24-10-15(23)19-17-21-20-16(26-17)13-6-3-7-25-13/h2,4-5,8,13H,3,6-7,9-10H2,1H3,(H,18,22)(H,19,21,23). The number of hydrogen-bond acceptors (Lipinski definition) is 7. The summed E-state index contributed by atoms with van der Waals surface area (Å²) in [5.74, 6) is -0.705. The summed E-state index contributed by atoms with van der Waals surface area (Å²) in [5.41, 5.74) is 1.74. The van der Waals surface area contributed by atoms with E-state index in [-0.39, 0.29) is 31.1 Å². The molecular formula is C17H20N4O4S. The predicted molar refractivity (Wildman–Crippen MR) is 97.1 cm³/mol. The molecule has 1 aromatic heterocycles. The van der Waals surface area contributed by atoms with Crippen LogP contribution in [0, 0.1) is 6.92 Å². The number of nitrogens with one attached hydrogen (secondary N) is 2. The van der Waals surface area contributed by atoms with E-state index in [1.54, 1.807) is 6.07 Å². The van der Waals surface area contributed by atoms with Crippen LogP contribution in [0.15, 0.2) is 24.3 Å². The summed E-state index contributed by atoms with van der Waals surface area (Å²) in [7, 11) is 0. The Morgan fingerprint density at radius 3 is 2.81 bits per heavy atom. The summed E-state index contributed by atoms with van der Waals surface area (Å²) < 4.78 is 10.7. The minimum atomic E-state index is -0.386. The summed E-state index contributed by atoms with van der Waals surface area (Å²) in [6.07, 6.45) is 1.89. The number of aryl methyl sites for hydroxylation is 1. The van der Waals surface area contributed by atoms with Gasteiger partial charge in [-0.2, -0.15) is 0 Å². The van der Waals surface area contributed by atoms with Crippen LogP contribution in [-0.4, -0.2) is 41.8 Å². The summed E-state index contributed by atoms with van der Waals surface area (Å²) in [6.45, 7) is 2.22. The van der Waals surface area contributed by atoms with Gasteiger partial charge in [0, 0.05) is 12.3 Å². The molecule has 1 aromatic carbocycles. The molecule has 1 fully saturated rings. The van der Waals surface area contributed by atoms with Crippen LogP contribution < -0.4 is 10.6 Å². The number of nitrogens with zero attached hydrogens (tertiary/aromatic N) is 2. The third kappa shape index (κ3) is 5.32. The van der Waals surface area contributed by atoms with Gasteiger partial charge >= 0.3 is 0 Å². The van der Waals surface area contributed by atoms with Gasteiger partial charge in [-0.1, -0.05) is 23.5 Å². The first-order valence-electron chi connectivity index (χ1n) is 8.29. The van der Waals surface area contributed by atoms with Gasteiger partial charge in [-0.05, 0) is 37.5 Å². The zero-order valence-electron chi connectivity index (χ0n) is 14.4. The van der Waals surface area contributed by atoms with E-state index in [9.17, 15) is 9.59 Å². The average molecular weight is 376 g/mol. The second-order valence-corrected chi connectivity index (χ2v) is 6.91. The second kappa shape index (κ2) is 8.84. The molecule has 1 aliphatic rings. The van der Waals surface area contributed by atoms with E-state index in [1.807, 2.05) is 25.1 Å². The van der Waals surface area contributed by atoms with Crippen LogP contribution in [0.2, 0.25) is 0 Å². The molecule has 2 heterocycles. The van der Waals surface area contributed by atoms with Crippen molar-refractivity contribution in [1.82, 2.24) is 10.2 Å². The molecule has 0 saturated carbocycles. The number of hydrogen-bond donors (Lipinski definition) is 2. The molecule has 2 N–H and O–H groups in total. The maximum Gasteiger partial charge on any atom is 0.252 e. The van der Waals surface area contributed by atoms with Crippen molar-refractivity contribution in [3.05, 3.63) is 34.8 Å². The molecule has 1 aliphatic heterocycles. The lowest BCUT2D eigenvalue weighted by atomic mass is 10.2. The fourth-order valence-electron chi connectivity index (χ4n) is 2.50. The third-order valence-corrected chi connectivity index (χ3v) is 4.59. The van der Waals surface area contributed by atoms with E-state index in [2.05, 4.69) is 20.8 Å². The number of amides is 2. The Hall–Kier alpha value is -2.36. The van der Waals surface area contributed by atoms with Crippen molar-refractivity contribution in [2.45, 2.75) is 25.9 Å². The van der Waals surface area contributed by atoms with Crippen molar-refractivity contribution in [3.63, 3.8) is 0 Å². The highest BCUT2D eigenvalue weighted by Gasteiger charge is 2.22. The predicted octanol–water partition coefficient (Wildman–Crippen LogP) is 2.29. The van der Waals surface area contributed by atoms with Crippen molar-refractivity contribution < 1.29 is 19.1 Å². The molecule has 0 spiro atoms. The van der Waals surface area contributed by atoms with E-state index in [4.69, 9.17) is 9.47 Å². The van der Waals surface area contributed by atoms with Gasteiger partial charge in [0.15, 0.2) is 0 Å². The van der Waals surface area contributed by atoms with Crippen molar-refractivity contribution in [2.75, 3.05) is 30.5 Å². The Balaban J connectivity index is 1.38. The van der Waals surface area contributed by atoms with Crippen LogP contribution in [-0.2, 0) is 19.1 Å². The fraction of sp³-hybridized carbons (Fsp3) is 0.412. The van der Waals surface area contributed by atoms with Gasteiger partial charge in [0.2, 0.25) is 11.0 Å². The third-order valence-electron chi connectivity index (χ3n) is 3.66. The molecule has 2 amide bonds. The largest absolute Gasteiger partial charge is 0.371 e. The lowest BCUT2D eigenvalue weighted by Gasteiger charge is -2.06. The van der Waals surface area contributed by atoms with Gasteiger partial charge in [0.25, 0.3) is 5.91 Å². The van der Waals surface area contributed by atoms with Gasteiger partial charge < -0.3 is 14.8 Å².